The number of rotatable bonds is 7. The number of carbonyl (C=O) groups is 4. The Hall–Kier alpha value is -2.91. The molecule has 1 fully saturated rings. The Kier molecular flexibility index (Phi) is 5.90. The number of carbonyl (C=O) groups excluding carboxylic acids is 2. The first-order valence-corrected chi connectivity index (χ1v) is 9.79. The monoisotopic (exact) mass is 462 g/mol. The molecule has 0 saturated carbocycles. The highest BCUT2D eigenvalue weighted by atomic mass is 35.5. The first-order valence-electron chi connectivity index (χ1n) is 7.59. The summed E-state index contributed by atoms with van der Waals surface area (Å²) in [4.78, 5) is 56.3. The first-order chi connectivity index (χ1) is 13.7. The van der Waals surface area contributed by atoms with E-state index in [0.717, 1.165) is 16.4 Å². The van der Waals surface area contributed by atoms with Gasteiger partial charge >= 0.3 is 11.9 Å². The van der Waals surface area contributed by atoms with Crippen LogP contribution >= 0.6 is 34.9 Å². The number of hydrogen-bond donors (Lipinski definition) is 4. The van der Waals surface area contributed by atoms with Crippen LogP contribution in [0.5, 0.6) is 0 Å². The Balaban J connectivity index is 1.78. The number of nitrogens with one attached hydrogen (secondary N) is 1. The molecule has 13 nitrogen and oxygen atoms in total. The number of nitrogens with two attached hydrogens (primary N) is 1. The molecule has 2 atom stereocenters. The van der Waals surface area contributed by atoms with Crippen LogP contribution in [0.3, 0.4) is 0 Å². The van der Waals surface area contributed by atoms with Crippen molar-refractivity contribution in [3.63, 3.8) is 0 Å². The smallest absolute Gasteiger partial charge is 0.353 e. The molecule has 1 unspecified atom stereocenters. The zero-order chi connectivity index (χ0) is 21.3. The molecular weight excluding hydrogens is 452 g/mol. The zero-order valence-corrected chi connectivity index (χ0v) is 16.5. The van der Waals surface area contributed by atoms with Crippen molar-refractivity contribution in [2.75, 3.05) is 18.1 Å². The van der Waals surface area contributed by atoms with Crippen LogP contribution < -0.4 is 11.1 Å². The quantitative estimate of drug-likeness (QED) is 0.217. The van der Waals surface area contributed by atoms with Crippen molar-refractivity contribution in [3.8, 4) is 0 Å². The molecule has 29 heavy (non-hydrogen) atoms. The maximum Gasteiger partial charge on any atom is 0.353 e. The lowest BCUT2D eigenvalue weighted by atomic mass is 10.0. The molecule has 1 aromatic heterocycles. The molecular formula is C13H11ClN6O7S2. The molecule has 16 heteroatoms. The van der Waals surface area contributed by atoms with E-state index in [-0.39, 0.29) is 27.4 Å². The van der Waals surface area contributed by atoms with Gasteiger partial charge in [-0.1, -0.05) is 16.8 Å². The summed E-state index contributed by atoms with van der Waals surface area (Å²) < 4.78 is 3.82. The third-order valence-electron chi connectivity index (χ3n) is 3.62. The standard InChI is InChI=1S/C13H11ClN6O7S2/c14-3-2-28-11-6(10(24)20(11)7(3)12(25)26)16-9(23)5(18-27-1-4(21)22)8-17-13(15)29-19-8/h6,11H,1-2H2,(H,16,23)(H,21,22)(H,25,26)(H2,15,17,19)/t6?,11-/m0/s1. The van der Waals surface area contributed by atoms with Crippen molar-refractivity contribution in [1.82, 2.24) is 19.6 Å². The molecule has 0 radical (unpaired) electrons. The predicted octanol–water partition coefficient (Wildman–Crippen LogP) is -1.14. The van der Waals surface area contributed by atoms with Crippen molar-refractivity contribution in [3.05, 3.63) is 16.6 Å². The Morgan fingerprint density at radius 2 is 2.14 bits per heavy atom. The van der Waals surface area contributed by atoms with Crippen LogP contribution in [-0.2, 0) is 24.0 Å². The van der Waals surface area contributed by atoms with Gasteiger partial charge in [0.2, 0.25) is 18.1 Å². The number of nitrogens with zero attached hydrogens (tertiary/aromatic N) is 4. The van der Waals surface area contributed by atoms with E-state index in [1.807, 2.05) is 0 Å². The number of halogens is 1. The van der Waals surface area contributed by atoms with E-state index < -0.39 is 47.5 Å². The minimum atomic E-state index is -1.36. The van der Waals surface area contributed by atoms with Gasteiger partial charge in [0.25, 0.3) is 11.8 Å². The highest BCUT2D eigenvalue weighted by molar-refractivity contribution is 8.00. The number of carboxylic acids is 2. The molecule has 0 bridgehead atoms. The molecule has 3 rings (SSSR count). The number of fused-ring (bicyclic) bond motifs is 1. The number of aromatic nitrogens is 2. The van der Waals surface area contributed by atoms with Crippen molar-refractivity contribution in [2.24, 2.45) is 5.16 Å². The molecule has 0 aromatic carbocycles. The van der Waals surface area contributed by atoms with Gasteiger partial charge < -0.3 is 26.1 Å². The molecule has 2 amide bonds. The fourth-order valence-corrected chi connectivity index (χ4v) is 4.44. The second-order valence-corrected chi connectivity index (χ2v) is 7.83. The second kappa shape index (κ2) is 8.22. The zero-order valence-electron chi connectivity index (χ0n) is 14.1. The van der Waals surface area contributed by atoms with Gasteiger partial charge in [0.15, 0.2) is 5.13 Å². The van der Waals surface area contributed by atoms with E-state index >= 15 is 0 Å². The molecule has 0 aliphatic carbocycles. The van der Waals surface area contributed by atoms with Crippen LogP contribution in [0, 0.1) is 0 Å². The molecule has 5 N–H and O–H groups in total. The van der Waals surface area contributed by atoms with Gasteiger partial charge in [-0.05, 0) is 0 Å². The molecule has 154 valence electrons. The highest BCUT2D eigenvalue weighted by Gasteiger charge is 2.54. The van der Waals surface area contributed by atoms with Crippen molar-refractivity contribution >= 4 is 69.5 Å². The molecule has 1 saturated heterocycles. The first kappa shape index (κ1) is 20.8. The fourth-order valence-electron chi connectivity index (χ4n) is 2.46. The van der Waals surface area contributed by atoms with E-state index in [1.54, 1.807) is 0 Å². The SMILES string of the molecule is Nc1nc(C(=NOCC(=O)O)C(=O)NC2C(=O)N3C(C(=O)O)=C(Cl)CS[C@@H]23)ns1. The fraction of sp³-hybridized carbons (Fsp3) is 0.308. The van der Waals surface area contributed by atoms with Crippen LogP contribution in [-0.4, -0.2) is 77.7 Å². The molecule has 3 heterocycles. The number of aliphatic carboxylic acids is 2. The van der Waals surface area contributed by atoms with E-state index in [0.29, 0.717) is 0 Å². The van der Waals surface area contributed by atoms with Gasteiger partial charge in [-0.3, -0.25) is 14.5 Å². The average Bonchev–Trinajstić information content (AvgIpc) is 3.08. The van der Waals surface area contributed by atoms with Crippen molar-refractivity contribution in [1.29, 1.82) is 0 Å². The summed E-state index contributed by atoms with van der Waals surface area (Å²) in [5.74, 6) is -4.36. The number of anilines is 1. The minimum absolute atomic E-state index is 0.0170. The molecule has 0 spiro atoms. The number of oxime groups is 1. The van der Waals surface area contributed by atoms with Gasteiger partial charge in [0.1, 0.15) is 17.1 Å². The summed E-state index contributed by atoms with van der Waals surface area (Å²) in [5, 5.41) is 23.1. The average molecular weight is 463 g/mol. The van der Waals surface area contributed by atoms with Gasteiger partial charge in [0, 0.05) is 17.3 Å². The van der Waals surface area contributed by atoms with Gasteiger partial charge in [0.05, 0.1) is 5.03 Å². The lowest BCUT2D eigenvalue weighted by Gasteiger charge is -2.48. The van der Waals surface area contributed by atoms with Crippen molar-refractivity contribution < 1.29 is 34.2 Å². The number of amides is 2. The highest BCUT2D eigenvalue weighted by Crippen LogP contribution is 2.41. The topological polar surface area (TPSA) is 197 Å². The number of β-lactam (4-membered cyclic amide) rings is 1. The summed E-state index contributed by atoms with van der Waals surface area (Å²) in [5.41, 5.74) is 4.66. The lowest BCUT2D eigenvalue weighted by molar-refractivity contribution is -0.150. The maximum atomic E-state index is 12.6. The van der Waals surface area contributed by atoms with Crippen LogP contribution in [0.15, 0.2) is 15.9 Å². The minimum Gasteiger partial charge on any atom is -0.479 e. The second-order valence-electron chi connectivity index (χ2n) is 5.48. The summed E-state index contributed by atoms with van der Waals surface area (Å²) in [6.07, 6.45) is 0. The van der Waals surface area contributed by atoms with E-state index in [2.05, 4.69) is 24.7 Å². The third kappa shape index (κ3) is 4.10. The number of hydrogen-bond acceptors (Lipinski definition) is 11. The Morgan fingerprint density at radius 3 is 2.72 bits per heavy atom. The number of carboxylic acid groups (broad SMARTS) is 2. The molecule has 2 aliphatic heterocycles. The number of nitrogen functional groups attached to an aromatic ring is 1. The summed E-state index contributed by atoms with van der Waals surface area (Å²) in [6, 6.07) is -1.06. The largest absolute Gasteiger partial charge is 0.479 e. The van der Waals surface area contributed by atoms with Crippen LogP contribution in [0.2, 0.25) is 0 Å². The van der Waals surface area contributed by atoms with E-state index in [4.69, 9.17) is 22.4 Å². The van der Waals surface area contributed by atoms with E-state index in [1.165, 1.54) is 11.8 Å². The molecule has 2 aliphatic rings. The maximum absolute atomic E-state index is 12.6. The third-order valence-corrected chi connectivity index (χ3v) is 5.92. The normalized spacial score (nSPS) is 21.3. The summed E-state index contributed by atoms with van der Waals surface area (Å²) in [7, 11) is 0. The Bertz CT molecular complexity index is 963. The van der Waals surface area contributed by atoms with E-state index in [9.17, 15) is 24.3 Å². The van der Waals surface area contributed by atoms with Gasteiger partial charge in [-0.15, -0.1) is 11.8 Å². The number of thioether (sulfide) groups is 1. The van der Waals surface area contributed by atoms with Gasteiger partial charge in [-0.2, -0.15) is 9.36 Å². The lowest BCUT2D eigenvalue weighted by Crippen LogP contribution is -2.71. The van der Waals surface area contributed by atoms with Crippen LogP contribution in [0.1, 0.15) is 5.82 Å². The summed E-state index contributed by atoms with van der Waals surface area (Å²) in [6.45, 7) is -0.823. The molecule has 1 aromatic rings. The van der Waals surface area contributed by atoms with Crippen molar-refractivity contribution in [2.45, 2.75) is 11.4 Å². The van der Waals surface area contributed by atoms with Crippen LogP contribution in [0.4, 0.5) is 5.13 Å². The Morgan fingerprint density at radius 1 is 1.41 bits per heavy atom. The van der Waals surface area contributed by atoms with Gasteiger partial charge in [-0.25, -0.2) is 9.59 Å². The Labute approximate surface area is 174 Å². The predicted molar refractivity (Wildman–Crippen MR) is 100.0 cm³/mol. The van der Waals surface area contributed by atoms with Crippen LogP contribution in [0.25, 0.3) is 0 Å². The summed E-state index contributed by atoms with van der Waals surface area (Å²) >= 11 is 7.83.